The van der Waals surface area contributed by atoms with Crippen molar-refractivity contribution in [1.29, 1.82) is 0 Å². The summed E-state index contributed by atoms with van der Waals surface area (Å²) < 4.78 is 12.0. The first-order valence-electron chi connectivity index (χ1n) is 9.68. The predicted octanol–water partition coefficient (Wildman–Crippen LogP) is 7.08. The van der Waals surface area contributed by atoms with Gasteiger partial charge in [-0.05, 0) is 50.5 Å². The van der Waals surface area contributed by atoms with Crippen LogP contribution in [0.4, 0.5) is 10.5 Å². The maximum atomic E-state index is 12.5. The molecule has 1 amide bonds. The molecule has 0 spiro atoms. The molecule has 2 aromatic rings. The van der Waals surface area contributed by atoms with Gasteiger partial charge in [0.15, 0.2) is 0 Å². The van der Waals surface area contributed by atoms with E-state index >= 15 is 0 Å². The second-order valence-corrected chi connectivity index (χ2v) is 14.3. The lowest BCUT2D eigenvalue weighted by Gasteiger charge is -2.37. The van der Waals surface area contributed by atoms with Crippen molar-refractivity contribution in [3.8, 4) is 16.9 Å². The Morgan fingerprint density at radius 2 is 1.50 bits per heavy atom. The van der Waals surface area contributed by atoms with Crippen LogP contribution >= 0.6 is 0 Å². The van der Waals surface area contributed by atoms with E-state index in [2.05, 4.69) is 39.2 Å². The van der Waals surface area contributed by atoms with Crippen molar-refractivity contribution >= 4 is 20.1 Å². The molecule has 0 aliphatic carbocycles. The number of anilines is 1. The molecule has 0 fully saturated rings. The summed E-state index contributed by atoms with van der Waals surface area (Å²) in [6.45, 7) is 16.5. The van der Waals surface area contributed by atoms with Gasteiger partial charge in [0.2, 0.25) is 0 Å². The highest BCUT2D eigenvalue weighted by atomic mass is 28.4. The number of carbonyl (C=O) groups excluding carboxylic acids is 1. The van der Waals surface area contributed by atoms with Crippen LogP contribution in [0.5, 0.6) is 5.75 Å². The summed E-state index contributed by atoms with van der Waals surface area (Å²) in [5.41, 5.74) is 1.98. The van der Waals surface area contributed by atoms with Gasteiger partial charge in [-0.25, -0.2) is 4.79 Å². The Bertz CT molecular complexity index is 818. The molecule has 0 aromatic heterocycles. The maximum Gasteiger partial charge on any atom is 0.412 e. The average Bonchev–Trinajstić information content (AvgIpc) is 2.54. The van der Waals surface area contributed by atoms with E-state index in [1.165, 1.54) is 0 Å². The lowest BCUT2D eigenvalue weighted by molar-refractivity contribution is 0.0635. The van der Waals surface area contributed by atoms with Gasteiger partial charge >= 0.3 is 6.09 Å². The third-order valence-corrected chi connectivity index (χ3v) is 9.25. The third-order valence-electron chi connectivity index (χ3n) is 4.91. The van der Waals surface area contributed by atoms with Crippen LogP contribution in [0, 0.1) is 0 Å². The van der Waals surface area contributed by atoms with Gasteiger partial charge in [-0.2, -0.15) is 0 Å². The largest absolute Gasteiger partial charge is 0.542 e. The molecule has 5 heteroatoms. The molecule has 0 aliphatic rings. The van der Waals surface area contributed by atoms with Crippen LogP contribution in [0.2, 0.25) is 18.1 Å². The van der Waals surface area contributed by atoms with E-state index in [1.54, 1.807) is 0 Å². The lowest BCUT2D eigenvalue weighted by Crippen LogP contribution is -2.44. The minimum Gasteiger partial charge on any atom is -0.542 e. The van der Waals surface area contributed by atoms with Crippen LogP contribution in [0.1, 0.15) is 41.5 Å². The predicted molar refractivity (Wildman–Crippen MR) is 120 cm³/mol. The molecule has 0 radical (unpaired) electrons. The van der Waals surface area contributed by atoms with E-state index < -0.39 is 20.0 Å². The lowest BCUT2D eigenvalue weighted by atomic mass is 10.0. The van der Waals surface area contributed by atoms with Gasteiger partial charge in [0.25, 0.3) is 8.32 Å². The van der Waals surface area contributed by atoms with E-state index in [4.69, 9.17) is 9.16 Å². The van der Waals surface area contributed by atoms with Gasteiger partial charge in [-0.1, -0.05) is 63.2 Å². The summed E-state index contributed by atoms with van der Waals surface area (Å²) in [4.78, 5) is 12.5. The van der Waals surface area contributed by atoms with Crippen LogP contribution in [0.3, 0.4) is 0 Å². The summed E-state index contributed by atoms with van der Waals surface area (Å²) in [5, 5.41) is 2.98. The quantitative estimate of drug-likeness (QED) is 0.558. The van der Waals surface area contributed by atoms with Crippen molar-refractivity contribution in [2.45, 2.75) is 65.3 Å². The fourth-order valence-corrected chi connectivity index (χ4v) is 3.46. The average molecular weight is 400 g/mol. The number of amides is 1. The standard InChI is InChI=1S/C23H33NO3Si/c1-22(2,3)26-21(25)24-20-18(17-13-10-9-11-14-17)15-12-16-19(20)27-28(7,8)23(4,5)6/h9-16H,1-8H3,(H,24,25). The van der Waals surface area contributed by atoms with Crippen LogP contribution in [-0.2, 0) is 4.74 Å². The SMILES string of the molecule is CC(C)(C)OC(=O)Nc1c(O[Si](C)(C)C(C)(C)C)cccc1-c1ccccc1. The number of rotatable bonds is 4. The van der Waals surface area contributed by atoms with Gasteiger partial charge in [-0.3, -0.25) is 5.32 Å². The molecule has 0 saturated heterocycles. The molecule has 4 nitrogen and oxygen atoms in total. The molecule has 152 valence electrons. The zero-order chi connectivity index (χ0) is 21.2. The molecular formula is C23H33NO3Si. The van der Waals surface area contributed by atoms with Gasteiger partial charge < -0.3 is 9.16 Å². The minimum absolute atomic E-state index is 0.0406. The fraction of sp³-hybridized carbons (Fsp3) is 0.435. The number of hydrogen-bond donors (Lipinski definition) is 1. The highest BCUT2D eigenvalue weighted by Crippen LogP contribution is 2.42. The summed E-state index contributed by atoms with van der Waals surface area (Å²) in [7, 11) is -2.09. The van der Waals surface area contributed by atoms with Crippen molar-refractivity contribution in [1.82, 2.24) is 0 Å². The Labute approximate surface area is 170 Å². The van der Waals surface area contributed by atoms with E-state index in [9.17, 15) is 4.79 Å². The molecule has 0 aliphatic heterocycles. The van der Waals surface area contributed by atoms with E-state index in [0.29, 0.717) is 11.4 Å². The van der Waals surface area contributed by atoms with E-state index in [0.717, 1.165) is 11.1 Å². The Morgan fingerprint density at radius 1 is 0.893 bits per heavy atom. The van der Waals surface area contributed by atoms with E-state index in [1.807, 2.05) is 69.3 Å². The van der Waals surface area contributed by atoms with Gasteiger partial charge in [0.05, 0.1) is 5.69 Å². The molecule has 2 aromatic carbocycles. The second-order valence-electron chi connectivity index (χ2n) is 9.53. The molecule has 0 atom stereocenters. The first kappa shape index (κ1) is 22.0. The highest BCUT2D eigenvalue weighted by Gasteiger charge is 2.39. The zero-order valence-electron chi connectivity index (χ0n) is 18.3. The third kappa shape index (κ3) is 5.61. The molecule has 0 saturated carbocycles. The van der Waals surface area contributed by atoms with Crippen molar-refractivity contribution in [2.24, 2.45) is 0 Å². The Hall–Kier alpha value is -2.27. The number of para-hydroxylation sites is 1. The van der Waals surface area contributed by atoms with Crippen molar-refractivity contribution in [3.63, 3.8) is 0 Å². The summed E-state index contributed by atoms with van der Waals surface area (Å²) >= 11 is 0. The normalized spacial score (nSPS) is 12.4. The molecule has 1 N–H and O–H groups in total. The summed E-state index contributed by atoms with van der Waals surface area (Å²) in [6, 6.07) is 15.8. The molecular weight excluding hydrogens is 366 g/mol. The topological polar surface area (TPSA) is 47.6 Å². The van der Waals surface area contributed by atoms with Crippen LogP contribution in [0.15, 0.2) is 48.5 Å². The summed E-state index contributed by atoms with van der Waals surface area (Å²) in [5.74, 6) is 0.679. The Morgan fingerprint density at radius 3 is 2.04 bits per heavy atom. The monoisotopic (exact) mass is 399 g/mol. The molecule has 28 heavy (non-hydrogen) atoms. The van der Waals surface area contributed by atoms with Gasteiger partial charge in [0.1, 0.15) is 11.4 Å². The Kier molecular flexibility index (Phi) is 6.29. The number of carbonyl (C=O) groups is 1. The van der Waals surface area contributed by atoms with Crippen LogP contribution < -0.4 is 9.74 Å². The molecule has 0 bridgehead atoms. The molecule has 0 unspecified atom stereocenters. The number of ether oxygens (including phenoxy) is 1. The van der Waals surface area contributed by atoms with Crippen LogP contribution in [-0.4, -0.2) is 20.0 Å². The smallest absolute Gasteiger partial charge is 0.412 e. The van der Waals surface area contributed by atoms with Crippen molar-refractivity contribution in [2.75, 3.05) is 5.32 Å². The maximum absolute atomic E-state index is 12.5. The fourth-order valence-electron chi connectivity index (χ4n) is 2.44. The first-order valence-corrected chi connectivity index (χ1v) is 12.6. The number of benzene rings is 2. The number of nitrogens with one attached hydrogen (secondary N) is 1. The number of hydrogen-bond acceptors (Lipinski definition) is 3. The van der Waals surface area contributed by atoms with Crippen molar-refractivity contribution < 1.29 is 14.0 Å². The first-order chi connectivity index (χ1) is 12.8. The minimum atomic E-state index is -2.09. The summed E-state index contributed by atoms with van der Waals surface area (Å²) in [6.07, 6.45) is -0.490. The van der Waals surface area contributed by atoms with Crippen LogP contribution in [0.25, 0.3) is 11.1 Å². The van der Waals surface area contributed by atoms with Gasteiger partial charge in [0, 0.05) is 5.56 Å². The van der Waals surface area contributed by atoms with Crippen molar-refractivity contribution in [3.05, 3.63) is 48.5 Å². The molecule has 2 rings (SSSR count). The molecule has 0 heterocycles. The second kappa shape index (κ2) is 8.00. The zero-order valence-corrected chi connectivity index (χ0v) is 19.3. The highest BCUT2D eigenvalue weighted by molar-refractivity contribution is 6.74. The van der Waals surface area contributed by atoms with E-state index in [-0.39, 0.29) is 5.04 Å². The Balaban J connectivity index is 2.51. The van der Waals surface area contributed by atoms with Gasteiger partial charge in [-0.15, -0.1) is 0 Å².